The molecule has 1 aromatic carbocycles. The first-order valence-electron chi connectivity index (χ1n) is 8.69. The molecule has 5 heteroatoms. The van der Waals surface area contributed by atoms with Gasteiger partial charge in [0.1, 0.15) is 0 Å². The quantitative estimate of drug-likeness (QED) is 0.895. The number of rotatable bonds is 4. The highest BCUT2D eigenvalue weighted by molar-refractivity contribution is 5.23. The Morgan fingerprint density at radius 2 is 1.91 bits per heavy atom. The third kappa shape index (κ3) is 4.08. The van der Waals surface area contributed by atoms with Gasteiger partial charge in [0, 0.05) is 12.1 Å². The van der Waals surface area contributed by atoms with Crippen LogP contribution in [0.3, 0.4) is 0 Å². The Balaban J connectivity index is 1.47. The number of piperidine rings is 1. The average Bonchev–Trinajstić information content (AvgIpc) is 2.57. The van der Waals surface area contributed by atoms with E-state index in [0.29, 0.717) is 12.2 Å². The van der Waals surface area contributed by atoms with Crippen LogP contribution in [0.4, 0.5) is 8.78 Å². The first-order chi connectivity index (χ1) is 11.1. The Morgan fingerprint density at radius 1 is 1.13 bits per heavy atom. The van der Waals surface area contributed by atoms with Crippen molar-refractivity contribution in [1.29, 1.82) is 0 Å². The smallest absolute Gasteiger partial charge is 0.162 e. The van der Waals surface area contributed by atoms with Crippen LogP contribution in [0.5, 0.6) is 0 Å². The topological polar surface area (TPSA) is 47.3 Å². The molecule has 2 aliphatic rings. The Bertz CT molecular complexity index is 518. The van der Waals surface area contributed by atoms with Gasteiger partial charge in [0.05, 0.1) is 12.7 Å². The average molecular weight is 324 g/mol. The highest BCUT2D eigenvalue weighted by atomic mass is 19.2. The summed E-state index contributed by atoms with van der Waals surface area (Å²) in [6.45, 7) is 1.65. The van der Waals surface area contributed by atoms with Crippen molar-refractivity contribution in [3.05, 3.63) is 35.4 Å². The molecule has 0 spiro atoms. The zero-order valence-electron chi connectivity index (χ0n) is 13.4. The van der Waals surface area contributed by atoms with Crippen molar-refractivity contribution in [2.75, 3.05) is 13.2 Å². The molecule has 23 heavy (non-hydrogen) atoms. The Labute approximate surface area is 136 Å². The number of nitrogens with one attached hydrogen (secondary N) is 1. The number of benzene rings is 1. The van der Waals surface area contributed by atoms with E-state index in [-0.39, 0.29) is 24.1 Å². The van der Waals surface area contributed by atoms with Crippen LogP contribution in [0.25, 0.3) is 0 Å². The van der Waals surface area contributed by atoms with E-state index < -0.39 is 11.6 Å². The first kappa shape index (κ1) is 16.8. The maximum Gasteiger partial charge on any atom is 0.162 e. The number of hydrogen-bond acceptors (Lipinski definition) is 3. The molecule has 1 aliphatic carbocycles. The standard InChI is InChI=1S/C18H26F2N2O/c19-15-4-1-3-14(18(15)20)12-6-8-13(9-7-12)23-11-17-16(21)5-2-10-22-17/h1,3-4,12-13,16-17,22H,2,5-11,21H2. The monoisotopic (exact) mass is 324 g/mol. The molecule has 1 aromatic rings. The maximum absolute atomic E-state index is 13.9. The molecule has 2 atom stereocenters. The van der Waals surface area contributed by atoms with Crippen molar-refractivity contribution >= 4 is 0 Å². The Hall–Kier alpha value is -1.04. The van der Waals surface area contributed by atoms with Gasteiger partial charge in [-0.05, 0) is 62.6 Å². The van der Waals surface area contributed by atoms with Crippen LogP contribution < -0.4 is 11.1 Å². The summed E-state index contributed by atoms with van der Waals surface area (Å²) < 4.78 is 33.3. The fraction of sp³-hybridized carbons (Fsp3) is 0.667. The van der Waals surface area contributed by atoms with E-state index in [1.54, 1.807) is 12.1 Å². The largest absolute Gasteiger partial charge is 0.377 e. The van der Waals surface area contributed by atoms with Gasteiger partial charge in [-0.25, -0.2) is 8.78 Å². The van der Waals surface area contributed by atoms with Crippen molar-refractivity contribution in [1.82, 2.24) is 5.32 Å². The van der Waals surface area contributed by atoms with E-state index in [0.717, 1.165) is 45.1 Å². The van der Waals surface area contributed by atoms with E-state index >= 15 is 0 Å². The maximum atomic E-state index is 13.9. The summed E-state index contributed by atoms with van der Waals surface area (Å²) in [6.07, 6.45) is 5.85. The Kier molecular flexibility index (Phi) is 5.62. The molecule has 2 fully saturated rings. The normalized spacial score (nSPS) is 32.0. The highest BCUT2D eigenvalue weighted by Gasteiger charge is 2.27. The summed E-state index contributed by atoms with van der Waals surface area (Å²) in [5, 5.41) is 3.42. The zero-order chi connectivity index (χ0) is 16.2. The second kappa shape index (κ2) is 7.69. The lowest BCUT2D eigenvalue weighted by Gasteiger charge is -2.33. The summed E-state index contributed by atoms with van der Waals surface area (Å²) >= 11 is 0. The molecule has 3 nitrogen and oxygen atoms in total. The molecular weight excluding hydrogens is 298 g/mol. The van der Waals surface area contributed by atoms with Crippen LogP contribution in [-0.4, -0.2) is 31.3 Å². The minimum absolute atomic E-state index is 0.0978. The van der Waals surface area contributed by atoms with E-state index in [1.807, 2.05) is 0 Å². The number of halogens is 2. The van der Waals surface area contributed by atoms with Gasteiger partial charge in [0.25, 0.3) is 0 Å². The molecule has 0 amide bonds. The van der Waals surface area contributed by atoms with Crippen LogP contribution in [0.2, 0.25) is 0 Å². The lowest BCUT2D eigenvalue weighted by Crippen LogP contribution is -2.52. The molecule has 0 radical (unpaired) electrons. The van der Waals surface area contributed by atoms with Crippen LogP contribution >= 0.6 is 0 Å². The Morgan fingerprint density at radius 3 is 2.65 bits per heavy atom. The van der Waals surface area contributed by atoms with Crippen molar-refractivity contribution in [3.8, 4) is 0 Å². The third-order valence-corrected chi connectivity index (χ3v) is 5.24. The molecule has 128 valence electrons. The molecule has 3 N–H and O–H groups in total. The first-order valence-corrected chi connectivity index (χ1v) is 8.69. The second-order valence-electron chi connectivity index (χ2n) is 6.82. The summed E-state index contributed by atoms with van der Waals surface area (Å²) in [7, 11) is 0. The molecule has 1 saturated carbocycles. The number of nitrogens with two attached hydrogens (primary N) is 1. The van der Waals surface area contributed by atoms with Crippen LogP contribution in [-0.2, 0) is 4.74 Å². The molecule has 0 bridgehead atoms. The molecule has 0 aromatic heterocycles. The summed E-state index contributed by atoms with van der Waals surface area (Å²) in [6, 6.07) is 4.87. The van der Waals surface area contributed by atoms with Gasteiger partial charge < -0.3 is 15.8 Å². The SMILES string of the molecule is NC1CCCNC1COC1CCC(c2cccc(F)c2F)CC1. The predicted molar refractivity (Wildman–Crippen MR) is 86.3 cm³/mol. The van der Waals surface area contributed by atoms with Gasteiger partial charge in [-0.3, -0.25) is 0 Å². The van der Waals surface area contributed by atoms with Gasteiger partial charge in [0.2, 0.25) is 0 Å². The fourth-order valence-electron chi connectivity index (χ4n) is 3.78. The summed E-state index contributed by atoms with van der Waals surface area (Å²) in [4.78, 5) is 0. The highest BCUT2D eigenvalue weighted by Crippen LogP contribution is 2.35. The van der Waals surface area contributed by atoms with Gasteiger partial charge >= 0.3 is 0 Å². The number of ether oxygens (including phenoxy) is 1. The van der Waals surface area contributed by atoms with Crippen molar-refractivity contribution < 1.29 is 13.5 Å². The minimum Gasteiger partial charge on any atom is -0.377 e. The molecule has 1 aliphatic heterocycles. The lowest BCUT2D eigenvalue weighted by molar-refractivity contribution is 0.00600. The van der Waals surface area contributed by atoms with Gasteiger partial charge in [-0.2, -0.15) is 0 Å². The van der Waals surface area contributed by atoms with E-state index in [2.05, 4.69) is 5.32 Å². The fourth-order valence-corrected chi connectivity index (χ4v) is 3.78. The third-order valence-electron chi connectivity index (χ3n) is 5.24. The van der Waals surface area contributed by atoms with Crippen molar-refractivity contribution in [3.63, 3.8) is 0 Å². The minimum atomic E-state index is -0.752. The molecular formula is C18H26F2N2O. The van der Waals surface area contributed by atoms with Crippen LogP contribution in [0, 0.1) is 11.6 Å². The van der Waals surface area contributed by atoms with Gasteiger partial charge in [0.15, 0.2) is 11.6 Å². The number of hydrogen-bond donors (Lipinski definition) is 2. The van der Waals surface area contributed by atoms with E-state index in [9.17, 15) is 8.78 Å². The zero-order valence-corrected chi connectivity index (χ0v) is 13.4. The molecule has 2 unspecified atom stereocenters. The van der Waals surface area contributed by atoms with Crippen molar-refractivity contribution in [2.24, 2.45) is 5.73 Å². The predicted octanol–water partition coefficient (Wildman–Crippen LogP) is 3.09. The van der Waals surface area contributed by atoms with Crippen molar-refractivity contribution in [2.45, 2.75) is 62.6 Å². The second-order valence-corrected chi connectivity index (χ2v) is 6.82. The molecule has 1 heterocycles. The van der Waals surface area contributed by atoms with Gasteiger partial charge in [-0.1, -0.05) is 12.1 Å². The van der Waals surface area contributed by atoms with Gasteiger partial charge in [-0.15, -0.1) is 0 Å². The van der Waals surface area contributed by atoms with E-state index in [4.69, 9.17) is 10.5 Å². The molecule has 3 rings (SSSR count). The van der Waals surface area contributed by atoms with Crippen LogP contribution in [0.1, 0.15) is 50.0 Å². The lowest BCUT2D eigenvalue weighted by atomic mass is 9.82. The summed E-state index contributed by atoms with van der Waals surface area (Å²) in [5.74, 6) is -1.34. The summed E-state index contributed by atoms with van der Waals surface area (Å²) in [5.41, 5.74) is 6.62. The van der Waals surface area contributed by atoms with E-state index in [1.165, 1.54) is 6.07 Å². The molecule has 1 saturated heterocycles. The van der Waals surface area contributed by atoms with Crippen LogP contribution in [0.15, 0.2) is 18.2 Å².